The summed E-state index contributed by atoms with van der Waals surface area (Å²) in [6.45, 7) is 3.08. The predicted molar refractivity (Wildman–Crippen MR) is 153 cm³/mol. The van der Waals surface area contributed by atoms with E-state index in [9.17, 15) is 9.59 Å². The van der Waals surface area contributed by atoms with Gasteiger partial charge in [0.2, 0.25) is 0 Å². The summed E-state index contributed by atoms with van der Waals surface area (Å²) in [5.74, 6) is 1.32. The fourth-order valence-corrected chi connectivity index (χ4v) is 4.25. The molecule has 210 valence electrons. The van der Waals surface area contributed by atoms with E-state index in [0.29, 0.717) is 19.4 Å². The molecule has 0 aliphatic carbocycles. The smallest absolute Gasteiger partial charge is 0.306 e. The van der Waals surface area contributed by atoms with E-state index in [4.69, 9.17) is 14.2 Å². The van der Waals surface area contributed by atoms with Gasteiger partial charge < -0.3 is 14.2 Å². The molecule has 5 nitrogen and oxygen atoms in total. The largest absolute Gasteiger partial charge is 0.466 e. The van der Waals surface area contributed by atoms with Gasteiger partial charge in [-0.3, -0.25) is 9.59 Å². The van der Waals surface area contributed by atoms with Crippen molar-refractivity contribution in [2.45, 2.75) is 116 Å². The van der Waals surface area contributed by atoms with E-state index in [1.807, 2.05) is 54.6 Å². The lowest BCUT2D eigenvalue weighted by Gasteiger charge is -2.08. The van der Waals surface area contributed by atoms with Crippen LogP contribution < -0.4 is 4.74 Å². The number of carbonyl (C=O) groups is 2. The molecule has 2 rings (SSSR count). The Kier molecular flexibility index (Phi) is 17.5. The fraction of sp³-hybridized carbons (Fsp3) is 0.576. The summed E-state index contributed by atoms with van der Waals surface area (Å²) < 4.78 is 16.5. The van der Waals surface area contributed by atoms with Crippen LogP contribution in [0.5, 0.6) is 11.5 Å². The average molecular weight is 525 g/mol. The Hall–Kier alpha value is -2.82. The molecule has 38 heavy (non-hydrogen) atoms. The Morgan fingerprint density at radius 1 is 0.553 bits per heavy atom. The summed E-state index contributed by atoms with van der Waals surface area (Å²) in [4.78, 5) is 23.9. The molecule has 5 heteroatoms. The Bertz CT molecular complexity index is 863. The van der Waals surface area contributed by atoms with Crippen molar-refractivity contribution in [1.29, 1.82) is 0 Å². The van der Waals surface area contributed by atoms with Gasteiger partial charge in [-0.25, -0.2) is 0 Å². The standard InChI is InChI=1S/C33H48O5/c1-2-3-4-5-6-9-12-18-27-36-32(34)21-16-10-7-8-11-17-22-33(35)37-28-29-23-25-31(26-24-29)38-30-19-14-13-15-20-30/h13-15,19-20,23-26H,2-12,16-18,21-22,27-28H2,1H3. The molecule has 0 spiro atoms. The van der Waals surface area contributed by atoms with Crippen LogP contribution in [0.25, 0.3) is 0 Å². The van der Waals surface area contributed by atoms with E-state index in [0.717, 1.165) is 68.4 Å². The molecule has 0 bridgehead atoms. The first-order valence-corrected chi connectivity index (χ1v) is 14.8. The van der Waals surface area contributed by atoms with Crippen LogP contribution in [0.3, 0.4) is 0 Å². The number of benzene rings is 2. The molecular weight excluding hydrogens is 476 g/mol. The summed E-state index contributed by atoms with van der Waals surface area (Å²) in [6.07, 6.45) is 16.9. The minimum absolute atomic E-state index is 0.0611. The molecule has 0 aliphatic rings. The van der Waals surface area contributed by atoms with Crippen molar-refractivity contribution in [3.63, 3.8) is 0 Å². The van der Waals surface area contributed by atoms with Gasteiger partial charge in [-0.15, -0.1) is 0 Å². The highest BCUT2D eigenvalue weighted by molar-refractivity contribution is 5.69. The van der Waals surface area contributed by atoms with E-state index < -0.39 is 0 Å². The molecule has 0 aliphatic heterocycles. The first-order valence-electron chi connectivity index (χ1n) is 14.8. The third-order valence-corrected chi connectivity index (χ3v) is 6.57. The van der Waals surface area contributed by atoms with Crippen molar-refractivity contribution in [2.24, 2.45) is 0 Å². The van der Waals surface area contributed by atoms with Crippen LogP contribution >= 0.6 is 0 Å². The van der Waals surface area contributed by atoms with Crippen LogP contribution in [0.4, 0.5) is 0 Å². The van der Waals surface area contributed by atoms with Crippen molar-refractivity contribution >= 4 is 11.9 Å². The normalized spacial score (nSPS) is 10.8. The lowest BCUT2D eigenvalue weighted by molar-refractivity contribution is -0.145. The molecule has 0 saturated carbocycles. The molecular formula is C33H48O5. The Labute approximate surface area is 230 Å². The molecule has 0 aromatic heterocycles. The first kappa shape index (κ1) is 31.4. The van der Waals surface area contributed by atoms with Crippen molar-refractivity contribution in [1.82, 2.24) is 0 Å². The zero-order chi connectivity index (χ0) is 27.1. The second kappa shape index (κ2) is 21.2. The second-order valence-electron chi connectivity index (χ2n) is 10.0. The van der Waals surface area contributed by atoms with Gasteiger partial charge in [-0.2, -0.15) is 0 Å². The van der Waals surface area contributed by atoms with Gasteiger partial charge in [-0.05, 0) is 49.1 Å². The summed E-state index contributed by atoms with van der Waals surface area (Å²) in [5.41, 5.74) is 0.940. The Morgan fingerprint density at radius 2 is 1.05 bits per heavy atom. The average Bonchev–Trinajstić information content (AvgIpc) is 2.93. The second-order valence-corrected chi connectivity index (χ2v) is 10.0. The van der Waals surface area contributed by atoms with E-state index >= 15 is 0 Å². The van der Waals surface area contributed by atoms with Crippen molar-refractivity contribution < 1.29 is 23.8 Å². The topological polar surface area (TPSA) is 61.8 Å². The highest BCUT2D eigenvalue weighted by atomic mass is 16.5. The first-order chi connectivity index (χ1) is 18.7. The fourth-order valence-electron chi connectivity index (χ4n) is 4.25. The van der Waals surface area contributed by atoms with Crippen molar-refractivity contribution in [2.75, 3.05) is 6.61 Å². The minimum Gasteiger partial charge on any atom is -0.466 e. The predicted octanol–water partition coefficient (Wildman–Crippen LogP) is 9.33. The number of esters is 2. The summed E-state index contributed by atoms with van der Waals surface area (Å²) in [5, 5.41) is 0. The minimum atomic E-state index is -0.158. The summed E-state index contributed by atoms with van der Waals surface area (Å²) >= 11 is 0. The molecule has 2 aromatic carbocycles. The van der Waals surface area contributed by atoms with E-state index in [1.165, 1.54) is 38.5 Å². The van der Waals surface area contributed by atoms with Crippen LogP contribution in [0.1, 0.15) is 115 Å². The lowest BCUT2D eigenvalue weighted by atomic mass is 10.1. The van der Waals surface area contributed by atoms with Gasteiger partial charge in [0.05, 0.1) is 6.61 Å². The maximum absolute atomic E-state index is 12.0. The monoisotopic (exact) mass is 524 g/mol. The van der Waals surface area contributed by atoms with Crippen molar-refractivity contribution in [3.05, 3.63) is 60.2 Å². The van der Waals surface area contributed by atoms with Gasteiger partial charge in [0.25, 0.3) is 0 Å². The number of carbonyl (C=O) groups excluding carboxylic acids is 2. The van der Waals surface area contributed by atoms with E-state index in [1.54, 1.807) is 0 Å². The van der Waals surface area contributed by atoms with Crippen LogP contribution in [0, 0.1) is 0 Å². The van der Waals surface area contributed by atoms with Crippen LogP contribution in [0.15, 0.2) is 54.6 Å². The maximum Gasteiger partial charge on any atom is 0.306 e. The Morgan fingerprint density at radius 3 is 1.66 bits per heavy atom. The SMILES string of the molecule is CCCCCCCCCCOC(=O)CCCCCCCCC(=O)OCc1ccc(Oc2ccccc2)cc1. The molecule has 0 atom stereocenters. The molecule has 0 N–H and O–H groups in total. The Balaban J connectivity index is 1.37. The van der Waals surface area contributed by atoms with Crippen LogP contribution in [-0.2, 0) is 25.7 Å². The molecule has 0 saturated heterocycles. The molecule has 0 radical (unpaired) electrons. The number of rotatable bonds is 22. The molecule has 2 aromatic rings. The molecule has 0 heterocycles. The molecule has 0 amide bonds. The summed E-state index contributed by atoms with van der Waals surface area (Å²) in [6, 6.07) is 17.2. The van der Waals surface area contributed by atoms with Gasteiger partial charge in [0.1, 0.15) is 18.1 Å². The quantitative estimate of drug-likeness (QED) is 0.113. The zero-order valence-corrected chi connectivity index (χ0v) is 23.5. The number of hydrogen-bond donors (Lipinski definition) is 0. The maximum atomic E-state index is 12.0. The lowest BCUT2D eigenvalue weighted by Crippen LogP contribution is -2.05. The van der Waals surface area contributed by atoms with Gasteiger partial charge >= 0.3 is 11.9 Å². The van der Waals surface area contributed by atoms with Gasteiger partial charge in [-0.1, -0.05) is 108 Å². The number of para-hydroxylation sites is 1. The highest BCUT2D eigenvalue weighted by Gasteiger charge is 2.05. The number of ether oxygens (including phenoxy) is 3. The van der Waals surface area contributed by atoms with Gasteiger partial charge in [0, 0.05) is 12.8 Å². The van der Waals surface area contributed by atoms with Gasteiger partial charge in [0.15, 0.2) is 0 Å². The van der Waals surface area contributed by atoms with Crippen LogP contribution in [0.2, 0.25) is 0 Å². The van der Waals surface area contributed by atoms with E-state index in [2.05, 4.69) is 6.92 Å². The summed E-state index contributed by atoms with van der Waals surface area (Å²) in [7, 11) is 0. The highest BCUT2D eigenvalue weighted by Crippen LogP contribution is 2.21. The third kappa shape index (κ3) is 16.1. The zero-order valence-electron chi connectivity index (χ0n) is 23.5. The number of unbranched alkanes of at least 4 members (excludes halogenated alkanes) is 12. The third-order valence-electron chi connectivity index (χ3n) is 6.57. The van der Waals surface area contributed by atoms with Crippen LogP contribution in [-0.4, -0.2) is 18.5 Å². The van der Waals surface area contributed by atoms with E-state index in [-0.39, 0.29) is 18.5 Å². The number of hydrogen-bond acceptors (Lipinski definition) is 5. The molecule has 0 fully saturated rings. The molecule has 0 unspecified atom stereocenters. The van der Waals surface area contributed by atoms with Crippen molar-refractivity contribution in [3.8, 4) is 11.5 Å².